The first-order valence-electron chi connectivity index (χ1n) is 7.24. The monoisotopic (exact) mass is 268 g/mol. The normalized spacial score (nSPS) is 24.1. The van der Waals surface area contributed by atoms with Gasteiger partial charge in [0.2, 0.25) is 5.91 Å². The van der Waals surface area contributed by atoms with Crippen LogP contribution in [-0.2, 0) is 4.79 Å². The SMILES string of the molecule is CCN(CCN1C(=O)CNC1=O)CC1CCCCN1. The summed E-state index contributed by atoms with van der Waals surface area (Å²) in [6.45, 7) is 6.57. The molecule has 0 aromatic heterocycles. The number of hydrogen-bond acceptors (Lipinski definition) is 4. The fraction of sp³-hybridized carbons (Fsp3) is 0.846. The van der Waals surface area contributed by atoms with Gasteiger partial charge in [-0.05, 0) is 25.9 Å². The van der Waals surface area contributed by atoms with Gasteiger partial charge in [0.15, 0.2) is 0 Å². The van der Waals surface area contributed by atoms with Gasteiger partial charge in [-0.2, -0.15) is 0 Å². The maximum atomic E-state index is 11.5. The molecule has 1 unspecified atom stereocenters. The number of imide groups is 1. The van der Waals surface area contributed by atoms with Gasteiger partial charge in [0, 0.05) is 25.7 Å². The third kappa shape index (κ3) is 3.91. The summed E-state index contributed by atoms with van der Waals surface area (Å²) >= 11 is 0. The van der Waals surface area contributed by atoms with Crippen molar-refractivity contribution in [2.24, 2.45) is 0 Å². The fourth-order valence-corrected chi connectivity index (χ4v) is 2.69. The molecule has 2 aliphatic heterocycles. The third-order valence-electron chi connectivity index (χ3n) is 3.92. The molecule has 108 valence electrons. The van der Waals surface area contributed by atoms with Gasteiger partial charge in [0.25, 0.3) is 0 Å². The number of rotatable bonds is 6. The minimum Gasteiger partial charge on any atom is -0.329 e. The molecule has 2 heterocycles. The van der Waals surface area contributed by atoms with Crippen molar-refractivity contribution in [3.8, 4) is 0 Å². The van der Waals surface area contributed by atoms with E-state index in [0.29, 0.717) is 12.6 Å². The topological polar surface area (TPSA) is 64.7 Å². The van der Waals surface area contributed by atoms with Gasteiger partial charge < -0.3 is 15.5 Å². The molecule has 19 heavy (non-hydrogen) atoms. The number of nitrogens with zero attached hydrogens (tertiary/aromatic N) is 2. The van der Waals surface area contributed by atoms with Crippen LogP contribution in [0.15, 0.2) is 0 Å². The highest BCUT2D eigenvalue weighted by molar-refractivity contribution is 6.01. The first-order chi connectivity index (χ1) is 9.20. The van der Waals surface area contributed by atoms with Crippen molar-refractivity contribution in [1.82, 2.24) is 20.4 Å². The predicted molar refractivity (Wildman–Crippen MR) is 72.9 cm³/mol. The van der Waals surface area contributed by atoms with E-state index >= 15 is 0 Å². The highest BCUT2D eigenvalue weighted by Gasteiger charge is 2.28. The molecule has 0 radical (unpaired) electrons. The molecule has 0 saturated carbocycles. The molecule has 0 spiro atoms. The van der Waals surface area contributed by atoms with Gasteiger partial charge in [-0.1, -0.05) is 13.3 Å². The maximum absolute atomic E-state index is 11.5. The Hall–Kier alpha value is -1.14. The van der Waals surface area contributed by atoms with Crippen LogP contribution >= 0.6 is 0 Å². The minimum atomic E-state index is -0.253. The highest BCUT2D eigenvalue weighted by atomic mass is 16.2. The Balaban J connectivity index is 1.75. The molecule has 2 aliphatic rings. The number of amides is 3. The molecule has 2 saturated heterocycles. The molecule has 2 N–H and O–H groups in total. The smallest absolute Gasteiger partial charge is 0.324 e. The van der Waals surface area contributed by atoms with Crippen LogP contribution in [0, 0.1) is 0 Å². The van der Waals surface area contributed by atoms with Crippen molar-refractivity contribution < 1.29 is 9.59 Å². The summed E-state index contributed by atoms with van der Waals surface area (Å²) < 4.78 is 0. The van der Waals surface area contributed by atoms with Gasteiger partial charge in [0.05, 0.1) is 6.54 Å². The van der Waals surface area contributed by atoms with Crippen LogP contribution in [-0.4, -0.2) is 67.0 Å². The third-order valence-corrected chi connectivity index (χ3v) is 3.92. The van der Waals surface area contributed by atoms with E-state index in [2.05, 4.69) is 22.5 Å². The van der Waals surface area contributed by atoms with E-state index in [0.717, 1.165) is 26.2 Å². The van der Waals surface area contributed by atoms with Crippen LogP contribution < -0.4 is 10.6 Å². The first-order valence-corrected chi connectivity index (χ1v) is 7.24. The van der Waals surface area contributed by atoms with Crippen LogP contribution in [0.2, 0.25) is 0 Å². The Kier molecular flexibility index (Phi) is 5.15. The zero-order chi connectivity index (χ0) is 13.7. The molecule has 0 aromatic rings. The molecule has 1 atom stereocenters. The molecule has 6 heteroatoms. The van der Waals surface area contributed by atoms with Crippen molar-refractivity contribution >= 4 is 11.9 Å². The second kappa shape index (κ2) is 6.86. The lowest BCUT2D eigenvalue weighted by Gasteiger charge is -2.30. The van der Waals surface area contributed by atoms with Crippen molar-refractivity contribution in [1.29, 1.82) is 0 Å². The van der Waals surface area contributed by atoms with E-state index in [1.165, 1.54) is 24.2 Å². The van der Waals surface area contributed by atoms with Gasteiger partial charge in [-0.25, -0.2) is 4.79 Å². The quantitative estimate of drug-likeness (QED) is 0.666. The van der Waals surface area contributed by atoms with Crippen LogP contribution in [0.25, 0.3) is 0 Å². The van der Waals surface area contributed by atoms with Crippen molar-refractivity contribution in [3.05, 3.63) is 0 Å². The zero-order valence-electron chi connectivity index (χ0n) is 11.7. The van der Waals surface area contributed by atoms with E-state index in [-0.39, 0.29) is 18.5 Å². The molecule has 2 fully saturated rings. The molecule has 0 bridgehead atoms. The average Bonchev–Trinajstić information content (AvgIpc) is 2.75. The van der Waals surface area contributed by atoms with Crippen molar-refractivity contribution in [2.45, 2.75) is 32.2 Å². The second-order valence-corrected chi connectivity index (χ2v) is 5.24. The first kappa shape index (κ1) is 14.3. The number of hydrogen-bond donors (Lipinski definition) is 2. The summed E-state index contributed by atoms with van der Waals surface area (Å²) in [4.78, 5) is 26.5. The molecule has 2 rings (SSSR count). The zero-order valence-corrected chi connectivity index (χ0v) is 11.7. The lowest BCUT2D eigenvalue weighted by atomic mass is 10.0. The van der Waals surface area contributed by atoms with Gasteiger partial charge in [-0.15, -0.1) is 0 Å². The van der Waals surface area contributed by atoms with Crippen LogP contribution in [0.1, 0.15) is 26.2 Å². The number of carbonyl (C=O) groups is 2. The summed E-state index contributed by atoms with van der Waals surface area (Å²) in [5.74, 6) is -0.114. The van der Waals surface area contributed by atoms with Gasteiger partial charge in [0.1, 0.15) is 0 Å². The lowest BCUT2D eigenvalue weighted by molar-refractivity contribution is -0.125. The van der Waals surface area contributed by atoms with Gasteiger partial charge >= 0.3 is 6.03 Å². The van der Waals surface area contributed by atoms with E-state index in [9.17, 15) is 9.59 Å². The molecule has 6 nitrogen and oxygen atoms in total. The molecule has 0 aliphatic carbocycles. The van der Waals surface area contributed by atoms with Crippen LogP contribution in [0.3, 0.4) is 0 Å². The van der Waals surface area contributed by atoms with Crippen molar-refractivity contribution in [2.75, 3.05) is 39.3 Å². The molecular formula is C13H24N4O2. The Bertz CT molecular complexity index is 313. The maximum Gasteiger partial charge on any atom is 0.324 e. The predicted octanol–water partition coefficient (Wildman–Crippen LogP) is 0.00220. The van der Waals surface area contributed by atoms with Crippen LogP contribution in [0.5, 0.6) is 0 Å². The van der Waals surface area contributed by atoms with Crippen LogP contribution in [0.4, 0.5) is 4.79 Å². The average molecular weight is 268 g/mol. The molecule has 0 aromatic carbocycles. The van der Waals surface area contributed by atoms with E-state index in [1.807, 2.05) is 0 Å². The van der Waals surface area contributed by atoms with Crippen molar-refractivity contribution in [3.63, 3.8) is 0 Å². The number of likely N-dealkylation sites (N-methyl/N-ethyl adjacent to an activating group) is 1. The number of nitrogens with one attached hydrogen (secondary N) is 2. The van der Waals surface area contributed by atoms with E-state index in [1.54, 1.807) is 0 Å². The number of urea groups is 1. The molecular weight excluding hydrogens is 244 g/mol. The second-order valence-electron chi connectivity index (χ2n) is 5.24. The Morgan fingerprint density at radius 3 is 2.79 bits per heavy atom. The lowest BCUT2D eigenvalue weighted by Crippen LogP contribution is -2.46. The van der Waals surface area contributed by atoms with E-state index in [4.69, 9.17) is 0 Å². The Morgan fingerprint density at radius 1 is 1.37 bits per heavy atom. The summed E-state index contributed by atoms with van der Waals surface area (Å²) in [6.07, 6.45) is 3.78. The standard InChI is InChI=1S/C13H24N4O2/c1-2-16(10-11-5-3-4-6-14-11)7-8-17-12(18)9-15-13(17)19/h11,14H,2-10H2,1H3,(H,15,19). The largest absolute Gasteiger partial charge is 0.329 e. The van der Waals surface area contributed by atoms with Gasteiger partial charge in [-0.3, -0.25) is 9.69 Å². The Labute approximate surface area is 114 Å². The summed E-state index contributed by atoms with van der Waals surface area (Å²) in [5, 5.41) is 6.08. The highest BCUT2D eigenvalue weighted by Crippen LogP contribution is 2.09. The Morgan fingerprint density at radius 2 is 2.21 bits per heavy atom. The summed E-state index contributed by atoms with van der Waals surface area (Å²) in [5.41, 5.74) is 0. The number of carbonyl (C=O) groups excluding carboxylic acids is 2. The number of piperidine rings is 1. The summed E-state index contributed by atoms with van der Waals surface area (Å²) in [7, 11) is 0. The summed E-state index contributed by atoms with van der Waals surface area (Å²) in [6, 6.07) is 0.300. The van der Waals surface area contributed by atoms with E-state index < -0.39 is 0 Å². The fourth-order valence-electron chi connectivity index (χ4n) is 2.69. The molecule has 3 amide bonds. The minimum absolute atomic E-state index is 0.114.